The predicted molar refractivity (Wildman–Crippen MR) is 117 cm³/mol. The third kappa shape index (κ3) is 4.79. The van der Waals surface area contributed by atoms with Crippen LogP contribution in [0.3, 0.4) is 0 Å². The summed E-state index contributed by atoms with van der Waals surface area (Å²) < 4.78 is 7.26. The highest BCUT2D eigenvalue weighted by molar-refractivity contribution is 5.84. The maximum absolute atomic E-state index is 12.8. The minimum atomic E-state index is 0.109. The van der Waals surface area contributed by atoms with E-state index in [4.69, 9.17) is 4.74 Å². The normalized spacial score (nSPS) is 18.0. The van der Waals surface area contributed by atoms with E-state index in [9.17, 15) is 9.59 Å². The molecule has 1 aliphatic heterocycles. The molecule has 1 saturated carbocycles. The molecule has 1 aromatic heterocycles. The molecule has 1 saturated heterocycles. The highest BCUT2D eigenvalue weighted by Gasteiger charge is 2.25. The SMILES string of the molecule is COc1ccc2c(ccn2CC(=O)N2CCN(C(=O)CCC3CCCCC3)CC2)c1. The van der Waals surface area contributed by atoms with E-state index in [0.29, 0.717) is 39.1 Å². The second-order valence-corrected chi connectivity index (χ2v) is 8.67. The van der Waals surface area contributed by atoms with Gasteiger partial charge in [-0.25, -0.2) is 0 Å². The van der Waals surface area contributed by atoms with Gasteiger partial charge in [-0.05, 0) is 36.6 Å². The first kappa shape index (κ1) is 20.8. The lowest BCUT2D eigenvalue weighted by Gasteiger charge is -2.35. The van der Waals surface area contributed by atoms with Gasteiger partial charge in [0.05, 0.1) is 7.11 Å². The Labute approximate surface area is 178 Å². The molecule has 6 nitrogen and oxygen atoms in total. The fourth-order valence-electron chi connectivity index (χ4n) is 4.86. The Balaban J connectivity index is 1.25. The van der Waals surface area contributed by atoms with E-state index in [0.717, 1.165) is 29.0 Å². The summed E-state index contributed by atoms with van der Waals surface area (Å²) in [5.41, 5.74) is 1.03. The molecule has 2 heterocycles. The van der Waals surface area contributed by atoms with Crippen LogP contribution in [-0.4, -0.2) is 59.5 Å². The summed E-state index contributed by atoms with van der Waals surface area (Å²) in [7, 11) is 1.65. The molecule has 162 valence electrons. The van der Waals surface area contributed by atoms with Crippen molar-refractivity contribution in [1.29, 1.82) is 0 Å². The summed E-state index contributed by atoms with van der Waals surface area (Å²) >= 11 is 0. The molecule has 2 aromatic rings. The van der Waals surface area contributed by atoms with E-state index < -0.39 is 0 Å². The lowest BCUT2D eigenvalue weighted by atomic mass is 9.86. The van der Waals surface area contributed by atoms with Crippen LogP contribution in [0.1, 0.15) is 44.9 Å². The summed E-state index contributed by atoms with van der Waals surface area (Å²) in [6.07, 6.45) is 10.2. The van der Waals surface area contributed by atoms with Crippen molar-refractivity contribution in [2.24, 2.45) is 5.92 Å². The topological polar surface area (TPSA) is 54.8 Å². The maximum atomic E-state index is 12.8. The molecule has 4 rings (SSSR count). The number of hydrogen-bond acceptors (Lipinski definition) is 3. The molecule has 2 amide bonds. The van der Waals surface area contributed by atoms with E-state index >= 15 is 0 Å². The number of benzene rings is 1. The van der Waals surface area contributed by atoms with Crippen molar-refractivity contribution in [3.05, 3.63) is 30.5 Å². The smallest absolute Gasteiger partial charge is 0.242 e. The average molecular weight is 412 g/mol. The van der Waals surface area contributed by atoms with Gasteiger partial charge in [0.15, 0.2) is 0 Å². The highest BCUT2D eigenvalue weighted by atomic mass is 16.5. The first-order chi connectivity index (χ1) is 14.6. The molecule has 1 aromatic carbocycles. The number of amides is 2. The maximum Gasteiger partial charge on any atom is 0.242 e. The van der Waals surface area contributed by atoms with Gasteiger partial charge in [-0.1, -0.05) is 32.1 Å². The molecule has 2 aliphatic rings. The Morgan fingerprint density at radius 2 is 1.67 bits per heavy atom. The van der Waals surface area contributed by atoms with Crippen LogP contribution in [0.25, 0.3) is 10.9 Å². The summed E-state index contributed by atoms with van der Waals surface area (Å²) in [5.74, 6) is 1.92. The van der Waals surface area contributed by atoms with Gasteiger partial charge in [-0.15, -0.1) is 0 Å². The lowest BCUT2D eigenvalue weighted by molar-refractivity contribution is -0.140. The van der Waals surface area contributed by atoms with Gasteiger partial charge in [-0.3, -0.25) is 9.59 Å². The van der Waals surface area contributed by atoms with Gasteiger partial charge >= 0.3 is 0 Å². The van der Waals surface area contributed by atoms with Crippen LogP contribution in [-0.2, 0) is 16.1 Å². The highest BCUT2D eigenvalue weighted by Crippen LogP contribution is 2.27. The van der Waals surface area contributed by atoms with Crippen molar-refractivity contribution in [2.75, 3.05) is 33.3 Å². The first-order valence-electron chi connectivity index (χ1n) is 11.3. The quantitative estimate of drug-likeness (QED) is 0.729. The van der Waals surface area contributed by atoms with Gasteiger partial charge in [0, 0.05) is 49.7 Å². The first-order valence-corrected chi connectivity index (χ1v) is 11.3. The molecule has 0 spiro atoms. The van der Waals surface area contributed by atoms with Gasteiger partial charge in [0.2, 0.25) is 11.8 Å². The molecule has 0 N–H and O–H groups in total. The number of carbonyl (C=O) groups excluding carboxylic acids is 2. The third-order valence-corrected chi connectivity index (χ3v) is 6.76. The molecule has 0 bridgehead atoms. The van der Waals surface area contributed by atoms with Gasteiger partial charge < -0.3 is 19.1 Å². The van der Waals surface area contributed by atoms with Crippen molar-refractivity contribution in [3.63, 3.8) is 0 Å². The molecule has 0 unspecified atom stereocenters. The van der Waals surface area contributed by atoms with Crippen molar-refractivity contribution in [1.82, 2.24) is 14.4 Å². The summed E-state index contributed by atoms with van der Waals surface area (Å²) in [6, 6.07) is 7.90. The minimum absolute atomic E-state index is 0.109. The summed E-state index contributed by atoms with van der Waals surface area (Å²) in [4.78, 5) is 29.2. The Hall–Kier alpha value is -2.50. The number of carbonyl (C=O) groups is 2. The van der Waals surface area contributed by atoms with E-state index in [1.165, 1.54) is 32.1 Å². The molecule has 1 aliphatic carbocycles. The molecule has 30 heavy (non-hydrogen) atoms. The van der Waals surface area contributed by atoms with Crippen LogP contribution < -0.4 is 4.74 Å². The second-order valence-electron chi connectivity index (χ2n) is 8.67. The van der Waals surface area contributed by atoms with E-state index in [-0.39, 0.29) is 11.8 Å². The van der Waals surface area contributed by atoms with Crippen molar-refractivity contribution >= 4 is 22.7 Å². The fraction of sp³-hybridized carbons (Fsp3) is 0.583. The molecule has 2 fully saturated rings. The number of fused-ring (bicyclic) bond motifs is 1. The number of rotatable bonds is 6. The fourth-order valence-corrected chi connectivity index (χ4v) is 4.86. The Kier molecular flexibility index (Phi) is 6.60. The van der Waals surface area contributed by atoms with Crippen molar-refractivity contribution < 1.29 is 14.3 Å². The number of methoxy groups -OCH3 is 1. The zero-order valence-corrected chi connectivity index (χ0v) is 18.0. The molecular formula is C24H33N3O3. The number of nitrogens with zero attached hydrogens (tertiary/aromatic N) is 3. The predicted octanol–water partition coefficient (Wildman–Crippen LogP) is 3.68. The number of ether oxygens (including phenoxy) is 1. The zero-order valence-electron chi connectivity index (χ0n) is 18.0. The number of piperazine rings is 1. The minimum Gasteiger partial charge on any atom is -0.497 e. The van der Waals surface area contributed by atoms with Crippen LogP contribution in [0, 0.1) is 5.92 Å². The average Bonchev–Trinajstić information content (AvgIpc) is 3.20. The van der Waals surface area contributed by atoms with Gasteiger partial charge in [-0.2, -0.15) is 0 Å². The van der Waals surface area contributed by atoms with E-state index in [1.54, 1.807) is 7.11 Å². The zero-order chi connectivity index (χ0) is 20.9. The van der Waals surface area contributed by atoms with E-state index in [1.807, 2.05) is 44.8 Å². The Morgan fingerprint density at radius 3 is 2.37 bits per heavy atom. The summed E-state index contributed by atoms with van der Waals surface area (Å²) in [6.45, 7) is 2.88. The molecule has 6 heteroatoms. The largest absolute Gasteiger partial charge is 0.497 e. The van der Waals surface area contributed by atoms with Gasteiger partial charge in [0.25, 0.3) is 0 Å². The number of aromatic nitrogens is 1. The summed E-state index contributed by atoms with van der Waals surface area (Å²) in [5, 5.41) is 1.07. The lowest BCUT2D eigenvalue weighted by Crippen LogP contribution is -2.51. The van der Waals surface area contributed by atoms with Crippen LogP contribution in [0.2, 0.25) is 0 Å². The van der Waals surface area contributed by atoms with E-state index in [2.05, 4.69) is 0 Å². The molecular weight excluding hydrogens is 378 g/mol. The number of hydrogen-bond donors (Lipinski definition) is 0. The van der Waals surface area contributed by atoms with Crippen LogP contribution in [0.5, 0.6) is 5.75 Å². The Bertz CT molecular complexity index is 877. The third-order valence-electron chi connectivity index (χ3n) is 6.76. The van der Waals surface area contributed by atoms with Crippen molar-refractivity contribution in [3.8, 4) is 5.75 Å². The van der Waals surface area contributed by atoms with Crippen LogP contribution in [0.15, 0.2) is 30.5 Å². The van der Waals surface area contributed by atoms with Gasteiger partial charge in [0.1, 0.15) is 12.3 Å². The molecule has 0 radical (unpaired) electrons. The Morgan fingerprint density at radius 1 is 0.967 bits per heavy atom. The molecule has 0 atom stereocenters. The van der Waals surface area contributed by atoms with Crippen LogP contribution in [0.4, 0.5) is 0 Å². The van der Waals surface area contributed by atoms with Crippen molar-refractivity contribution in [2.45, 2.75) is 51.5 Å². The van der Waals surface area contributed by atoms with Crippen LogP contribution >= 0.6 is 0 Å². The second kappa shape index (κ2) is 9.54. The standard InChI is InChI=1S/C24H33N3O3/c1-30-21-8-9-22-20(17-21)11-12-27(22)18-24(29)26-15-13-25(14-16-26)23(28)10-7-19-5-3-2-4-6-19/h8-9,11-12,17,19H,2-7,10,13-16,18H2,1H3. The monoisotopic (exact) mass is 411 g/mol.